The molecule has 0 radical (unpaired) electrons. The minimum atomic E-state index is -2.62. The number of amides is 1. The summed E-state index contributed by atoms with van der Waals surface area (Å²) in [4.78, 5) is 17.1. The van der Waals surface area contributed by atoms with Crippen molar-refractivity contribution in [3.63, 3.8) is 0 Å². The smallest absolute Gasteiger partial charge is 0.265 e. The molecule has 1 saturated heterocycles. The number of nitrogens with two attached hydrogens (primary N) is 1. The highest BCUT2D eigenvalue weighted by molar-refractivity contribution is 7.80. The van der Waals surface area contributed by atoms with Gasteiger partial charge in [-0.25, -0.2) is 13.8 Å². The van der Waals surface area contributed by atoms with E-state index in [4.69, 9.17) is 27.4 Å². The molecular weight excluding hydrogens is 404 g/mol. The lowest BCUT2D eigenvalue weighted by atomic mass is 10.1. The maximum atomic E-state index is 13.4. The zero-order valence-electron chi connectivity index (χ0n) is 15.5. The number of hydrogen-bond donors (Lipinski definition) is 2. The minimum absolute atomic E-state index is 0.0139. The van der Waals surface area contributed by atoms with E-state index in [-0.39, 0.29) is 11.8 Å². The van der Waals surface area contributed by atoms with Gasteiger partial charge in [-0.1, -0.05) is 0 Å². The first-order chi connectivity index (χ1) is 13.8. The number of carbonyl (C=O) groups excluding carboxylic acids is 1. The second kappa shape index (κ2) is 7.47. The number of anilines is 2. The van der Waals surface area contributed by atoms with Crippen molar-refractivity contribution in [2.45, 2.75) is 32.0 Å². The molecular formula is C18H19F2N5O3S. The quantitative estimate of drug-likeness (QED) is 0.710. The maximum absolute atomic E-state index is 13.4. The van der Waals surface area contributed by atoms with E-state index in [1.807, 2.05) is 4.57 Å². The van der Waals surface area contributed by atoms with Crippen LogP contribution >= 0.6 is 12.2 Å². The Bertz CT molecular complexity index is 967. The van der Waals surface area contributed by atoms with Gasteiger partial charge in [0.1, 0.15) is 36.9 Å². The number of aromatic nitrogens is 2. The van der Waals surface area contributed by atoms with Crippen molar-refractivity contribution in [2.75, 3.05) is 23.4 Å². The van der Waals surface area contributed by atoms with Gasteiger partial charge in [0.2, 0.25) is 5.91 Å². The van der Waals surface area contributed by atoms with Gasteiger partial charge in [-0.15, -0.1) is 0 Å². The molecule has 1 aromatic heterocycles. The van der Waals surface area contributed by atoms with Gasteiger partial charge in [0.05, 0.1) is 12.1 Å². The summed E-state index contributed by atoms with van der Waals surface area (Å²) < 4.78 is 39.5. The fourth-order valence-corrected chi connectivity index (χ4v) is 3.58. The molecule has 3 N–H and O–H groups in total. The standard InChI is InChI=1S/C18H19F2N5O3S/c1-9(16(21)26)22-10-2-3-11-13(6-10)27-5-4-24-7-14(23-17(11)24)25-12(15(19)20)8-28-18(25)29/h2-3,6-7,9,12,15,22H,4-5,8H2,1H3,(H2,21,26)/t9-,12?/m0/s1. The summed E-state index contributed by atoms with van der Waals surface area (Å²) in [6.07, 6.45) is -0.945. The van der Waals surface area contributed by atoms with Crippen LogP contribution in [0, 0.1) is 0 Å². The molecule has 0 bridgehead atoms. The predicted molar refractivity (Wildman–Crippen MR) is 106 cm³/mol. The number of hydrogen-bond acceptors (Lipinski definition) is 6. The van der Waals surface area contributed by atoms with Gasteiger partial charge in [0.25, 0.3) is 11.6 Å². The Morgan fingerprint density at radius 2 is 2.21 bits per heavy atom. The van der Waals surface area contributed by atoms with Crippen LogP contribution in [-0.4, -0.2) is 52.4 Å². The maximum Gasteiger partial charge on any atom is 0.265 e. The van der Waals surface area contributed by atoms with E-state index >= 15 is 0 Å². The van der Waals surface area contributed by atoms with Gasteiger partial charge in [0.15, 0.2) is 5.82 Å². The minimum Gasteiger partial charge on any atom is -0.491 e. The molecule has 1 unspecified atom stereocenters. The van der Waals surface area contributed by atoms with Gasteiger partial charge in [0, 0.05) is 18.0 Å². The van der Waals surface area contributed by atoms with E-state index in [9.17, 15) is 13.6 Å². The number of halogens is 2. The number of carbonyl (C=O) groups is 1. The Kier molecular flexibility index (Phi) is 4.99. The molecule has 29 heavy (non-hydrogen) atoms. The number of nitrogens with one attached hydrogen (secondary N) is 1. The van der Waals surface area contributed by atoms with Crippen molar-refractivity contribution in [1.82, 2.24) is 9.55 Å². The zero-order valence-corrected chi connectivity index (χ0v) is 16.3. The molecule has 0 spiro atoms. The van der Waals surface area contributed by atoms with Crippen molar-refractivity contribution in [3.8, 4) is 17.1 Å². The topological polar surface area (TPSA) is 94.6 Å². The fourth-order valence-electron chi connectivity index (χ4n) is 3.28. The molecule has 1 amide bonds. The Morgan fingerprint density at radius 3 is 2.93 bits per heavy atom. The number of primary amides is 1. The summed E-state index contributed by atoms with van der Waals surface area (Å²) in [5.74, 6) is 0.974. The largest absolute Gasteiger partial charge is 0.491 e. The number of ether oxygens (including phenoxy) is 2. The molecule has 4 rings (SSSR count). The first kappa shape index (κ1) is 19.4. The normalized spacial score (nSPS) is 19.1. The molecule has 1 aromatic carbocycles. The number of nitrogens with zero attached hydrogens (tertiary/aromatic N) is 3. The lowest BCUT2D eigenvalue weighted by molar-refractivity contribution is -0.118. The third-order valence-electron chi connectivity index (χ3n) is 4.83. The Labute approximate surface area is 170 Å². The summed E-state index contributed by atoms with van der Waals surface area (Å²) in [5.41, 5.74) is 6.66. The van der Waals surface area contributed by atoms with Crippen LogP contribution in [0.1, 0.15) is 6.92 Å². The molecule has 0 aliphatic carbocycles. The van der Waals surface area contributed by atoms with Crippen LogP contribution in [0.15, 0.2) is 24.4 Å². The van der Waals surface area contributed by atoms with Crippen LogP contribution in [0.3, 0.4) is 0 Å². The average Bonchev–Trinajstić information content (AvgIpc) is 3.21. The Morgan fingerprint density at radius 1 is 1.41 bits per heavy atom. The highest BCUT2D eigenvalue weighted by Gasteiger charge is 2.39. The van der Waals surface area contributed by atoms with E-state index in [1.165, 1.54) is 4.90 Å². The zero-order chi connectivity index (χ0) is 20.7. The summed E-state index contributed by atoms with van der Waals surface area (Å²) >= 11 is 5.09. The molecule has 0 saturated carbocycles. The van der Waals surface area contributed by atoms with E-state index in [0.29, 0.717) is 41.8 Å². The van der Waals surface area contributed by atoms with Crippen molar-refractivity contribution >= 4 is 34.8 Å². The molecule has 8 nitrogen and oxygen atoms in total. The predicted octanol–water partition coefficient (Wildman–Crippen LogP) is 1.98. The van der Waals surface area contributed by atoms with E-state index in [2.05, 4.69) is 10.3 Å². The SMILES string of the molecule is C[C@H](Nc1ccc2c(c1)OCCn1cc(N3C(=S)OCC3C(F)F)nc1-2)C(N)=O. The molecule has 11 heteroatoms. The van der Waals surface area contributed by atoms with Crippen LogP contribution in [0.25, 0.3) is 11.4 Å². The van der Waals surface area contributed by atoms with Crippen molar-refractivity contribution in [1.29, 1.82) is 0 Å². The number of rotatable bonds is 5. The lowest BCUT2D eigenvalue weighted by Gasteiger charge is -2.19. The average molecular weight is 423 g/mol. The molecule has 2 atom stereocenters. The number of fused-ring (bicyclic) bond motifs is 3. The van der Waals surface area contributed by atoms with Crippen LogP contribution in [-0.2, 0) is 16.1 Å². The van der Waals surface area contributed by atoms with Crippen molar-refractivity contribution in [2.24, 2.45) is 5.73 Å². The third kappa shape index (κ3) is 3.57. The summed E-state index contributed by atoms with van der Waals surface area (Å²) in [7, 11) is 0. The molecule has 2 aliphatic heterocycles. The van der Waals surface area contributed by atoms with Gasteiger partial charge >= 0.3 is 0 Å². The second-order valence-electron chi connectivity index (χ2n) is 6.79. The fraction of sp³-hybridized carbons (Fsp3) is 0.389. The van der Waals surface area contributed by atoms with Crippen LogP contribution in [0.4, 0.5) is 20.3 Å². The van der Waals surface area contributed by atoms with Crippen molar-refractivity contribution < 1.29 is 23.0 Å². The Hall–Kier alpha value is -2.95. The van der Waals surface area contributed by atoms with E-state index in [0.717, 1.165) is 0 Å². The molecule has 1 fully saturated rings. The monoisotopic (exact) mass is 423 g/mol. The summed E-state index contributed by atoms with van der Waals surface area (Å²) in [5, 5.41) is 2.99. The highest BCUT2D eigenvalue weighted by atomic mass is 32.1. The van der Waals surface area contributed by atoms with Crippen LogP contribution in [0.2, 0.25) is 0 Å². The highest BCUT2D eigenvalue weighted by Crippen LogP contribution is 2.36. The summed E-state index contributed by atoms with van der Waals surface area (Å²) in [6, 6.07) is 3.61. The number of thiocarbonyl (C=S) groups is 1. The molecule has 154 valence electrons. The number of imidazole rings is 1. The van der Waals surface area contributed by atoms with Gasteiger partial charge in [-0.05, 0) is 31.3 Å². The van der Waals surface area contributed by atoms with Crippen molar-refractivity contribution in [3.05, 3.63) is 24.4 Å². The molecule has 3 heterocycles. The van der Waals surface area contributed by atoms with E-state index in [1.54, 1.807) is 31.3 Å². The van der Waals surface area contributed by atoms with Crippen LogP contribution < -0.4 is 20.7 Å². The van der Waals surface area contributed by atoms with Gasteiger partial charge < -0.3 is 25.1 Å². The summed E-state index contributed by atoms with van der Waals surface area (Å²) in [6.45, 7) is 2.34. The third-order valence-corrected chi connectivity index (χ3v) is 5.14. The Balaban J connectivity index is 1.68. The second-order valence-corrected chi connectivity index (χ2v) is 7.14. The van der Waals surface area contributed by atoms with E-state index < -0.39 is 24.4 Å². The first-order valence-corrected chi connectivity index (χ1v) is 9.40. The van der Waals surface area contributed by atoms with Gasteiger partial charge in [-0.2, -0.15) is 0 Å². The number of alkyl halides is 2. The number of benzene rings is 1. The molecule has 2 aromatic rings. The molecule has 2 aliphatic rings. The first-order valence-electron chi connectivity index (χ1n) is 8.99. The lowest BCUT2D eigenvalue weighted by Crippen LogP contribution is -2.38. The van der Waals surface area contributed by atoms with Crippen LogP contribution in [0.5, 0.6) is 5.75 Å². The van der Waals surface area contributed by atoms with Gasteiger partial charge in [-0.3, -0.25) is 9.69 Å².